The SMILES string of the molecule is COc1cc(OC)cc(C(=C2CCN(C(=O)c3cncc(C)c3)CC2)c2cccc(F)c2)c1. The van der Waals surface area contributed by atoms with Crippen LogP contribution in [0, 0.1) is 12.7 Å². The Labute approximate surface area is 193 Å². The number of carbonyl (C=O) groups is 1. The summed E-state index contributed by atoms with van der Waals surface area (Å²) < 4.78 is 25.1. The highest BCUT2D eigenvalue weighted by molar-refractivity contribution is 5.94. The Morgan fingerprint density at radius 3 is 2.21 bits per heavy atom. The maximum Gasteiger partial charge on any atom is 0.255 e. The Hall–Kier alpha value is -3.67. The zero-order valence-corrected chi connectivity index (χ0v) is 19.1. The van der Waals surface area contributed by atoms with Gasteiger partial charge in [0.25, 0.3) is 5.91 Å². The summed E-state index contributed by atoms with van der Waals surface area (Å²) in [5.74, 6) is 1.03. The number of aryl methyl sites for hydroxylation is 1. The number of pyridine rings is 1. The molecule has 170 valence electrons. The Kier molecular flexibility index (Phi) is 6.73. The molecule has 2 heterocycles. The van der Waals surface area contributed by atoms with Crippen LogP contribution in [0.25, 0.3) is 5.57 Å². The van der Waals surface area contributed by atoms with E-state index in [4.69, 9.17) is 9.47 Å². The number of likely N-dealkylation sites (tertiary alicyclic amines) is 1. The molecule has 0 spiro atoms. The third-order valence-corrected chi connectivity index (χ3v) is 5.88. The second-order valence-electron chi connectivity index (χ2n) is 8.13. The van der Waals surface area contributed by atoms with E-state index in [-0.39, 0.29) is 11.7 Å². The number of aromatic nitrogens is 1. The van der Waals surface area contributed by atoms with Gasteiger partial charge in [-0.05, 0) is 72.4 Å². The number of methoxy groups -OCH3 is 2. The second-order valence-corrected chi connectivity index (χ2v) is 8.13. The van der Waals surface area contributed by atoms with Gasteiger partial charge in [-0.25, -0.2) is 4.39 Å². The van der Waals surface area contributed by atoms with Gasteiger partial charge < -0.3 is 14.4 Å². The highest BCUT2D eigenvalue weighted by Crippen LogP contribution is 2.36. The lowest BCUT2D eigenvalue weighted by Gasteiger charge is -2.30. The van der Waals surface area contributed by atoms with Gasteiger partial charge in [0.2, 0.25) is 0 Å². The predicted molar refractivity (Wildman–Crippen MR) is 126 cm³/mol. The van der Waals surface area contributed by atoms with Crippen LogP contribution in [0.5, 0.6) is 11.5 Å². The molecule has 0 atom stereocenters. The van der Waals surface area contributed by atoms with Gasteiger partial charge in [-0.15, -0.1) is 0 Å². The summed E-state index contributed by atoms with van der Waals surface area (Å²) in [5, 5.41) is 0. The lowest BCUT2D eigenvalue weighted by molar-refractivity contribution is 0.0743. The summed E-state index contributed by atoms with van der Waals surface area (Å²) in [6, 6.07) is 14.2. The number of nitrogens with zero attached hydrogens (tertiary/aromatic N) is 2. The minimum absolute atomic E-state index is 0.0133. The molecule has 1 saturated heterocycles. The van der Waals surface area contributed by atoms with Crippen LogP contribution in [0.15, 0.2) is 66.5 Å². The Bertz CT molecular complexity index is 1170. The monoisotopic (exact) mass is 446 g/mol. The molecule has 0 bridgehead atoms. The third-order valence-electron chi connectivity index (χ3n) is 5.88. The lowest BCUT2D eigenvalue weighted by Crippen LogP contribution is -2.36. The summed E-state index contributed by atoms with van der Waals surface area (Å²) in [6.07, 6.45) is 4.73. The minimum atomic E-state index is -0.292. The normalized spacial score (nSPS) is 13.6. The molecule has 0 radical (unpaired) electrons. The average Bonchev–Trinajstić information content (AvgIpc) is 2.84. The van der Waals surface area contributed by atoms with E-state index in [0.717, 1.165) is 22.3 Å². The fraction of sp³-hybridized carbons (Fsp3) is 0.259. The largest absolute Gasteiger partial charge is 0.497 e. The summed E-state index contributed by atoms with van der Waals surface area (Å²) in [5.41, 5.74) is 5.37. The van der Waals surface area contributed by atoms with Crippen LogP contribution in [-0.4, -0.2) is 43.1 Å². The molecule has 1 aromatic heterocycles. The van der Waals surface area contributed by atoms with Crippen LogP contribution < -0.4 is 9.47 Å². The Morgan fingerprint density at radius 2 is 1.61 bits per heavy atom. The van der Waals surface area contributed by atoms with E-state index in [1.807, 2.05) is 42.2 Å². The van der Waals surface area contributed by atoms with Gasteiger partial charge in [-0.1, -0.05) is 17.7 Å². The maximum absolute atomic E-state index is 14.2. The third kappa shape index (κ3) is 5.06. The first kappa shape index (κ1) is 22.5. The molecule has 0 N–H and O–H groups in total. The van der Waals surface area contributed by atoms with E-state index in [1.54, 1.807) is 38.7 Å². The highest BCUT2D eigenvalue weighted by atomic mass is 19.1. The molecule has 1 aliphatic heterocycles. The van der Waals surface area contributed by atoms with Crippen molar-refractivity contribution in [2.45, 2.75) is 19.8 Å². The number of hydrogen-bond donors (Lipinski definition) is 0. The van der Waals surface area contributed by atoms with Gasteiger partial charge in [0.15, 0.2) is 0 Å². The highest BCUT2D eigenvalue weighted by Gasteiger charge is 2.24. The molecule has 2 aromatic carbocycles. The zero-order valence-electron chi connectivity index (χ0n) is 19.1. The number of piperidine rings is 1. The molecule has 1 amide bonds. The number of rotatable bonds is 5. The zero-order chi connectivity index (χ0) is 23.4. The first-order chi connectivity index (χ1) is 16.0. The predicted octanol–water partition coefficient (Wildman–Crippen LogP) is 5.28. The number of benzene rings is 2. The van der Waals surface area contributed by atoms with Gasteiger partial charge in [0.05, 0.1) is 19.8 Å². The smallest absolute Gasteiger partial charge is 0.255 e. The standard InChI is InChI=1S/C27H27FN2O3/c1-18-11-22(17-29-16-18)27(31)30-9-7-19(8-10-30)26(20-5-4-6-23(28)12-20)21-13-24(32-2)15-25(14-21)33-3/h4-6,11-17H,7-10H2,1-3H3. The molecule has 3 aromatic rings. The maximum atomic E-state index is 14.2. The van der Waals surface area contributed by atoms with Crippen molar-refractivity contribution in [3.05, 3.63) is 94.6 Å². The summed E-state index contributed by atoms with van der Waals surface area (Å²) in [6.45, 7) is 3.10. The van der Waals surface area contributed by atoms with Crippen molar-refractivity contribution in [3.8, 4) is 11.5 Å². The molecule has 5 nitrogen and oxygen atoms in total. The number of hydrogen-bond acceptors (Lipinski definition) is 4. The van der Waals surface area contributed by atoms with E-state index in [0.29, 0.717) is 43.0 Å². The molecule has 4 rings (SSSR count). The van der Waals surface area contributed by atoms with Crippen LogP contribution >= 0.6 is 0 Å². The summed E-state index contributed by atoms with van der Waals surface area (Å²) in [4.78, 5) is 19.0. The molecular formula is C27H27FN2O3. The van der Waals surface area contributed by atoms with Crippen LogP contribution in [-0.2, 0) is 0 Å². The molecular weight excluding hydrogens is 419 g/mol. The first-order valence-corrected chi connectivity index (χ1v) is 10.9. The van der Waals surface area contributed by atoms with Gasteiger partial charge in [-0.3, -0.25) is 9.78 Å². The fourth-order valence-corrected chi connectivity index (χ4v) is 4.25. The van der Waals surface area contributed by atoms with Gasteiger partial charge in [-0.2, -0.15) is 0 Å². The molecule has 0 aliphatic carbocycles. The van der Waals surface area contributed by atoms with Gasteiger partial charge in [0, 0.05) is 31.5 Å². The van der Waals surface area contributed by atoms with Crippen molar-refractivity contribution >= 4 is 11.5 Å². The van der Waals surface area contributed by atoms with Crippen LogP contribution in [0.3, 0.4) is 0 Å². The van der Waals surface area contributed by atoms with Crippen molar-refractivity contribution in [2.75, 3.05) is 27.3 Å². The van der Waals surface area contributed by atoms with Crippen molar-refractivity contribution < 1.29 is 18.7 Å². The fourth-order valence-electron chi connectivity index (χ4n) is 4.25. The topological polar surface area (TPSA) is 51.7 Å². The van der Waals surface area contributed by atoms with E-state index < -0.39 is 0 Å². The molecule has 6 heteroatoms. The molecule has 33 heavy (non-hydrogen) atoms. The molecule has 0 unspecified atom stereocenters. The number of ether oxygens (including phenoxy) is 2. The minimum Gasteiger partial charge on any atom is -0.497 e. The van der Waals surface area contributed by atoms with Crippen molar-refractivity contribution in [1.29, 1.82) is 0 Å². The van der Waals surface area contributed by atoms with Crippen LogP contribution in [0.4, 0.5) is 4.39 Å². The second kappa shape index (κ2) is 9.86. The van der Waals surface area contributed by atoms with E-state index >= 15 is 0 Å². The van der Waals surface area contributed by atoms with Crippen LogP contribution in [0.2, 0.25) is 0 Å². The molecule has 1 fully saturated rings. The van der Waals surface area contributed by atoms with Crippen LogP contribution in [0.1, 0.15) is 39.9 Å². The average molecular weight is 447 g/mol. The molecule has 0 saturated carbocycles. The van der Waals surface area contributed by atoms with Gasteiger partial charge >= 0.3 is 0 Å². The Balaban J connectivity index is 1.70. The van der Waals surface area contributed by atoms with Crippen molar-refractivity contribution in [2.24, 2.45) is 0 Å². The van der Waals surface area contributed by atoms with E-state index in [9.17, 15) is 9.18 Å². The number of amides is 1. The quantitative estimate of drug-likeness (QED) is 0.535. The van der Waals surface area contributed by atoms with E-state index in [1.165, 1.54) is 11.6 Å². The first-order valence-electron chi connectivity index (χ1n) is 10.9. The van der Waals surface area contributed by atoms with Gasteiger partial charge in [0.1, 0.15) is 17.3 Å². The van der Waals surface area contributed by atoms with Crippen molar-refractivity contribution in [3.63, 3.8) is 0 Å². The Morgan fingerprint density at radius 1 is 0.909 bits per heavy atom. The summed E-state index contributed by atoms with van der Waals surface area (Å²) in [7, 11) is 3.22. The lowest BCUT2D eigenvalue weighted by atomic mass is 9.88. The molecule has 1 aliphatic rings. The number of carbonyl (C=O) groups excluding carboxylic acids is 1. The number of halogens is 1. The van der Waals surface area contributed by atoms with E-state index in [2.05, 4.69) is 4.98 Å². The van der Waals surface area contributed by atoms with Crippen molar-refractivity contribution in [1.82, 2.24) is 9.88 Å². The summed E-state index contributed by atoms with van der Waals surface area (Å²) >= 11 is 0.